The first-order chi connectivity index (χ1) is 10.4. The molecule has 2 aromatic heterocycles. The van der Waals surface area contributed by atoms with Crippen molar-refractivity contribution in [1.29, 1.82) is 0 Å². The third-order valence-corrected chi connectivity index (χ3v) is 6.54. The molecule has 1 atom stereocenters. The van der Waals surface area contributed by atoms with Crippen LogP contribution in [0.5, 0.6) is 0 Å². The molecule has 0 N–H and O–H groups in total. The monoisotopic (exact) mass is 315 g/mol. The van der Waals surface area contributed by atoms with E-state index < -0.39 is 0 Å². The lowest BCUT2D eigenvalue weighted by Gasteiger charge is -2.42. The van der Waals surface area contributed by atoms with Crippen molar-refractivity contribution in [2.24, 2.45) is 0 Å². The number of fused-ring (bicyclic) bond motifs is 1. The minimum absolute atomic E-state index is 0.701. The van der Waals surface area contributed by atoms with Gasteiger partial charge in [0, 0.05) is 21.4 Å². The minimum atomic E-state index is 0.701. The van der Waals surface area contributed by atoms with E-state index in [1.165, 1.54) is 54.9 Å². The third-order valence-electron chi connectivity index (χ3n) is 4.76. The van der Waals surface area contributed by atoms with Crippen LogP contribution in [0.25, 0.3) is 5.57 Å². The average Bonchev–Trinajstić information content (AvgIpc) is 3.22. The quantitative estimate of drug-likeness (QED) is 0.730. The Morgan fingerprint density at radius 2 is 1.67 bits per heavy atom. The summed E-state index contributed by atoms with van der Waals surface area (Å²) in [7, 11) is 0. The smallest absolute Gasteiger partial charge is 0.0357 e. The number of piperidine rings is 2. The van der Waals surface area contributed by atoms with Crippen molar-refractivity contribution in [3.63, 3.8) is 0 Å². The second kappa shape index (κ2) is 6.07. The van der Waals surface area contributed by atoms with Gasteiger partial charge in [0.25, 0.3) is 0 Å². The summed E-state index contributed by atoms with van der Waals surface area (Å²) in [5.41, 5.74) is 3.27. The van der Waals surface area contributed by atoms with Crippen LogP contribution in [0, 0.1) is 0 Å². The Bertz CT molecular complexity index is 571. The van der Waals surface area contributed by atoms with Crippen molar-refractivity contribution in [3.05, 3.63) is 50.4 Å². The third kappa shape index (κ3) is 2.63. The molecule has 0 bridgehead atoms. The SMILES string of the molecule is c1csc(C(=C2CCCN3CCCCC23)c2cccs2)c1. The number of thiophene rings is 2. The molecule has 0 amide bonds. The maximum absolute atomic E-state index is 2.74. The highest BCUT2D eigenvalue weighted by Crippen LogP contribution is 2.40. The Morgan fingerprint density at radius 1 is 0.952 bits per heavy atom. The van der Waals surface area contributed by atoms with Crippen LogP contribution in [-0.4, -0.2) is 24.0 Å². The molecular formula is C18H21NS2. The van der Waals surface area contributed by atoms with E-state index in [1.54, 1.807) is 11.1 Å². The molecule has 2 saturated heterocycles. The van der Waals surface area contributed by atoms with E-state index in [0.717, 1.165) is 0 Å². The highest BCUT2D eigenvalue weighted by Gasteiger charge is 2.31. The lowest BCUT2D eigenvalue weighted by Crippen LogP contribution is -2.44. The summed E-state index contributed by atoms with van der Waals surface area (Å²) in [4.78, 5) is 5.66. The largest absolute Gasteiger partial charge is 0.297 e. The van der Waals surface area contributed by atoms with Crippen LogP contribution in [0.4, 0.5) is 0 Å². The summed E-state index contributed by atoms with van der Waals surface area (Å²) >= 11 is 3.79. The molecule has 21 heavy (non-hydrogen) atoms. The molecule has 4 rings (SSSR count). The van der Waals surface area contributed by atoms with Gasteiger partial charge in [-0.3, -0.25) is 4.90 Å². The molecule has 2 aliphatic rings. The zero-order chi connectivity index (χ0) is 14.1. The van der Waals surface area contributed by atoms with Crippen LogP contribution in [0.15, 0.2) is 40.6 Å². The lowest BCUT2D eigenvalue weighted by atomic mass is 9.84. The molecule has 110 valence electrons. The van der Waals surface area contributed by atoms with Crippen LogP contribution >= 0.6 is 22.7 Å². The Labute approximate surface area is 134 Å². The molecule has 1 nitrogen and oxygen atoms in total. The summed E-state index contributed by atoms with van der Waals surface area (Å²) in [5, 5.41) is 4.43. The standard InChI is InChI=1S/C18H21NS2/c1-2-10-19-11-3-6-14(15(19)7-1)18(16-8-4-12-20-16)17-9-5-13-21-17/h4-5,8-9,12-13,15H,1-3,6-7,10-11H2. The molecular weight excluding hydrogens is 294 g/mol. The summed E-state index contributed by atoms with van der Waals surface area (Å²) < 4.78 is 0. The molecule has 0 aromatic carbocycles. The van der Waals surface area contributed by atoms with Gasteiger partial charge in [-0.05, 0) is 67.2 Å². The van der Waals surface area contributed by atoms with Gasteiger partial charge in [0.05, 0.1) is 0 Å². The molecule has 2 fully saturated rings. The fourth-order valence-electron chi connectivity index (χ4n) is 3.86. The maximum Gasteiger partial charge on any atom is 0.0357 e. The number of rotatable bonds is 2. The second-order valence-corrected chi connectivity index (χ2v) is 7.90. The van der Waals surface area contributed by atoms with E-state index in [0.29, 0.717) is 6.04 Å². The summed E-state index contributed by atoms with van der Waals surface area (Å²) in [6, 6.07) is 9.68. The van der Waals surface area contributed by atoms with E-state index in [4.69, 9.17) is 0 Å². The number of nitrogens with zero attached hydrogens (tertiary/aromatic N) is 1. The highest BCUT2D eigenvalue weighted by atomic mass is 32.1. The van der Waals surface area contributed by atoms with Gasteiger partial charge in [0.15, 0.2) is 0 Å². The summed E-state index contributed by atoms with van der Waals surface area (Å²) in [6.45, 7) is 2.60. The molecule has 0 saturated carbocycles. The fraction of sp³-hybridized carbons (Fsp3) is 0.444. The topological polar surface area (TPSA) is 3.24 Å². The minimum Gasteiger partial charge on any atom is -0.297 e. The van der Waals surface area contributed by atoms with E-state index in [1.807, 2.05) is 22.7 Å². The Balaban J connectivity index is 1.83. The maximum atomic E-state index is 2.74. The number of hydrogen-bond donors (Lipinski definition) is 0. The predicted molar refractivity (Wildman–Crippen MR) is 93.1 cm³/mol. The van der Waals surface area contributed by atoms with Crippen LogP contribution in [0.1, 0.15) is 41.9 Å². The van der Waals surface area contributed by atoms with Gasteiger partial charge in [-0.15, -0.1) is 22.7 Å². The molecule has 1 unspecified atom stereocenters. The van der Waals surface area contributed by atoms with Crippen molar-refractivity contribution in [2.75, 3.05) is 13.1 Å². The van der Waals surface area contributed by atoms with Crippen molar-refractivity contribution >= 4 is 28.2 Å². The van der Waals surface area contributed by atoms with Gasteiger partial charge in [-0.2, -0.15) is 0 Å². The molecule has 0 aliphatic carbocycles. The van der Waals surface area contributed by atoms with Crippen molar-refractivity contribution in [2.45, 2.75) is 38.1 Å². The number of hydrogen-bond acceptors (Lipinski definition) is 3. The first kappa shape index (κ1) is 13.7. The Hall–Kier alpha value is -0.900. The molecule has 3 heteroatoms. The summed E-state index contributed by atoms with van der Waals surface area (Å²) in [5.74, 6) is 0. The first-order valence-electron chi connectivity index (χ1n) is 7.98. The summed E-state index contributed by atoms with van der Waals surface area (Å²) in [6.07, 6.45) is 6.75. The zero-order valence-electron chi connectivity index (χ0n) is 12.3. The fourth-order valence-corrected chi connectivity index (χ4v) is 5.57. The van der Waals surface area contributed by atoms with Gasteiger partial charge < -0.3 is 0 Å². The van der Waals surface area contributed by atoms with E-state index >= 15 is 0 Å². The van der Waals surface area contributed by atoms with Crippen LogP contribution in [0.2, 0.25) is 0 Å². The van der Waals surface area contributed by atoms with Crippen molar-refractivity contribution in [1.82, 2.24) is 4.90 Å². The van der Waals surface area contributed by atoms with Crippen molar-refractivity contribution < 1.29 is 0 Å². The van der Waals surface area contributed by atoms with Gasteiger partial charge in [0.2, 0.25) is 0 Å². The average molecular weight is 316 g/mol. The van der Waals surface area contributed by atoms with Gasteiger partial charge in [0.1, 0.15) is 0 Å². The second-order valence-electron chi connectivity index (χ2n) is 6.01. The molecule has 0 spiro atoms. The highest BCUT2D eigenvalue weighted by molar-refractivity contribution is 7.13. The van der Waals surface area contributed by atoms with E-state index in [9.17, 15) is 0 Å². The van der Waals surface area contributed by atoms with E-state index in [-0.39, 0.29) is 0 Å². The van der Waals surface area contributed by atoms with Gasteiger partial charge >= 0.3 is 0 Å². The van der Waals surface area contributed by atoms with Crippen LogP contribution in [-0.2, 0) is 0 Å². The molecule has 0 radical (unpaired) electrons. The lowest BCUT2D eigenvalue weighted by molar-refractivity contribution is 0.148. The Morgan fingerprint density at radius 3 is 2.33 bits per heavy atom. The molecule has 2 aliphatic heterocycles. The Kier molecular flexibility index (Phi) is 3.97. The van der Waals surface area contributed by atoms with Gasteiger partial charge in [-0.1, -0.05) is 18.6 Å². The first-order valence-corrected chi connectivity index (χ1v) is 9.74. The van der Waals surface area contributed by atoms with Crippen molar-refractivity contribution in [3.8, 4) is 0 Å². The van der Waals surface area contributed by atoms with Crippen LogP contribution in [0.3, 0.4) is 0 Å². The van der Waals surface area contributed by atoms with Crippen LogP contribution < -0.4 is 0 Å². The van der Waals surface area contributed by atoms with E-state index in [2.05, 4.69) is 39.9 Å². The van der Waals surface area contributed by atoms with Gasteiger partial charge in [-0.25, -0.2) is 0 Å². The zero-order valence-corrected chi connectivity index (χ0v) is 13.9. The molecule has 2 aromatic rings. The molecule has 4 heterocycles. The normalized spacial score (nSPS) is 23.0. The predicted octanol–water partition coefficient (Wildman–Crippen LogP) is 5.26.